The van der Waals surface area contributed by atoms with Crippen LogP contribution < -0.4 is 5.32 Å². The highest BCUT2D eigenvalue weighted by atomic mass is 35.5. The fourth-order valence-corrected chi connectivity index (χ4v) is 2.72. The Morgan fingerprint density at radius 3 is 2.75 bits per heavy atom. The van der Waals surface area contributed by atoms with Crippen LogP contribution in [-0.2, 0) is 19.5 Å². The van der Waals surface area contributed by atoms with Crippen molar-refractivity contribution in [1.82, 2.24) is 14.9 Å². The van der Waals surface area contributed by atoms with Gasteiger partial charge in [-0.25, -0.2) is 4.98 Å². The molecule has 0 aliphatic carbocycles. The summed E-state index contributed by atoms with van der Waals surface area (Å²) in [5.41, 5.74) is 1.82. The summed E-state index contributed by atoms with van der Waals surface area (Å²) < 4.78 is 1.95. The molecule has 0 bridgehead atoms. The number of carbonyl (C=O) groups is 1. The van der Waals surface area contributed by atoms with Crippen molar-refractivity contribution < 1.29 is 4.79 Å². The first-order valence-corrected chi connectivity index (χ1v) is 9.05. The predicted octanol–water partition coefficient (Wildman–Crippen LogP) is 4.77. The third-order valence-corrected chi connectivity index (χ3v) is 4.02. The predicted molar refractivity (Wildman–Crippen MR) is 101 cm³/mol. The molecule has 3 rings (SSSR count). The summed E-state index contributed by atoms with van der Waals surface area (Å²) in [7, 11) is 0. The molecule has 1 aliphatic heterocycles. The number of benzene rings is 1. The number of nitrogens with zero attached hydrogens (tertiary/aromatic N) is 2. The Kier molecular flexibility index (Phi) is 9.69. The molecular formula is C18H25Cl2N3O. The van der Waals surface area contributed by atoms with Crippen LogP contribution in [0.2, 0.25) is 10.0 Å². The van der Waals surface area contributed by atoms with E-state index in [1.807, 2.05) is 36.6 Å². The lowest BCUT2D eigenvalue weighted by Gasteiger charge is -2.15. The molecule has 4 nitrogen and oxygen atoms in total. The maximum atomic E-state index is 10.5. The summed E-state index contributed by atoms with van der Waals surface area (Å²) in [4.78, 5) is 14.6. The molecule has 1 aromatic heterocycles. The summed E-state index contributed by atoms with van der Waals surface area (Å²) in [5.74, 6) is 0.957. The zero-order chi connectivity index (χ0) is 17.9. The van der Waals surface area contributed by atoms with Crippen LogP contribution in [0.3, 0.4) is 0 Å². The first-order chi connectivity index (χ1) is 11.7. The van der Waals surface area contributed by atoms with Gasteiger partial charge in [0.15, 0.2) is 6.29 Å². The molecule has 0 spiro atoms. The van der Waals surface area contributed by atoms with Gasteiger partial charge < -0.3 is 9.88 Å². The van der Waals surface area contributed by atoms with E-state index in [0.29, 0.717) is 5.69 Å². The average molecular weight is 370 g/mol. The van der Waals surface area contributed by atoms with Crippen LogP contribution in [0.5, 0.6) is 0 Å². The van der Waals surface area contributed by atoms with Gasteiger partial charge in [-0.1, -0.05) is 50.4 Å². The molecule has 1 aliphatic rings. The van der Waals surface area contributed by atoms with Crippen molar-refractivity contribution in [2.45, 2.75) is 46.7 Å². The van der Waals surface area contributed by atoms with Crippen LogP contribution >= 0.6 is 23.2 Å². The van der Waals surface area contributed by atoms with Crippen molar-refractivity contribution in [3.8, 4) is 0 Å². The molecule has 2 aromatic rings. The lowest BCUT2D eigenvalue weighted by atomic mass is 10.1. The Labute approximate surface area is 154 Å². The van der Waals surface area contributed by atoms with E-state index in [9.17, 15) is 4.79 Å². The minimum atomic E-state index is 0.682. The number of fused-ring (bicyclic) bond motifs is 1. The van der Waals surface area contributed by atoms with E-state index in [1.165, 1.54) is 0 Å². The molecule has 1 N–H and O–H groups in total. The molecule has 0 atom stereocenters. The normalized spacial score (nSPS) is 12.2. The summed E-state index contributed by atoms with van der Waals surface area (Å²) in [6.07, 6.45) is 4.57. The van der Waals surface area contributed by atoms with Gasteiger partial charge in [0.2, 0.25) is 0 Å². The second-order valence-electron chi connectivity index (χ2n) is 5.03. The third kappa shape index (κ3) is 5.93. The van der Waals surface area contributed by atoms with Crippen molar-refractivity contribution in [3.63, 3.8) is 0 Å². The van der Waals surface area contributed by atoms with E-state index < -0.39 is 0 Å². The molecule has 0 saturated carbocycles. The Balaban J connectivity index is 0.000000218. The Bertz CT molecular complexity index is 641. The maximum Gasteiger partial charge on any atom is 0.168 e. The van der Waals surface area contributed by atoms with Gasteiger partial charge >= 0.3 is 0 Å². The fraction of sp³-hybridized carbons (Fsp3) is 0.444. The van der Waals surface area contributed by atoms with E-state index in [4.69, 9.17) is 23.2 Å². The number of imidazole rings is 1. The van der Waals surface area contributed by atoms with Crippen LogP contribution in [0.1, 0.15) is 49.1 Å². The molecule has 6 heteroatoms. The smallest absolute Gasteiger partial charge is 0.168 e. The number of hydrogen-bond donors (Lipinski definition) is 1. The standard InChI is InChI=1S/C9H10Cl2.C7H9N3O.C2H6/c1-2-3-7-6-8(10)4-5-9(7)11;11-5-6-3-9-7-4-8-1-2-10(6)7;1-2/h4-6H,2-3H2,1H3;3,5,8H,1-2,4H2;1-2H3. The molecule has 2 heterocycles. The SMILES string of the molecule is CC.CCCc1cc(Cl)ccc1Cl.O=Cc1cnc2n1CCNC2. The zero-order valence-electron chi connectivity index (χ0n) is 14.5. The van der Waals surface area contributed by atoms with E-state index in [0.717, 1.165) is 60.2 Å². The summed E-state index contributed by atoms with van der Waals surface area (Å²) in [6, 6.07) is 5.57. The van der Waals surface area contributed by atoms with Gasteiger partial charge in [0.1, 0.15) is 11.5 Å². The van der Waals surface area contributed by atoms with Crippen molar-refractivity contribution >= 4 is 29.5 Å². The first kappa shape index (κ1) is 20.7. The molecule has 132 valence electrons. The lowest BCUT2D eigenvalue weighted by Crippen LogP contribution is -2.29. The summed E-state index contributed by atoms with van der Waals surface area (Å²) >= 11 is 11.7. The molecule has 0 fully saturated rings. The van der Waals surface area contributed by atoms with Gasteiger partial charge in [-0.05, 0) is 30.2 Å². The molecule has 0 radical (unpaired) electrons. The third-order valence-electron chi connectivity index (χ3n) is 3.41. The Morgan fingerprint density at radius 2 is 2.08 bits per heavy atom. The highest BCUT2D eigenvalue weighted by molar-refractivity contribution is 6.33. The van der Waals surface area contributed by atoms with E-state index in [-0.39, 0.29) is 0 Å². The summed E-state index contributed by atoms with van der Waals surface area (Å²) in [5, 5.41) is 4.76. The molecule has 24 heavy (non-hydrogen) atoms. The number of hydrogen-bond acceptors (Lipinski definition) is 3. The van der Waals surface area contributed by atoms with Gasteiger partial charge in [0, 0.05) is 23.1 Å². The van der Waals surface area contributed by atoms with E-state index in [1.54, 1.807) is 6.20 Å². The number of carbonyl (C=O) groups excluding carboxylic acids is 1. The summed E-state index contributed by atoms with van der Waals surface area (Å²) in [6.45, 7) is 8.67. The minimum Gasteiger partial charge on any atom is -0.323 e. The van der Waals surface area contributed by atoms with Crippen LogP contribution in [0.25, 0.3) is 0 Å². The second-order valence-corrected chi connectivity index (χ2v) is 5.87. The lowest BCUT2D eigenvalue weighted by molar-refractivity contribution is 0.111. The highest BCUT2D eigenvalue weighted by Gasteiger charge is 2.11. The van der Waals surface area contributed by atoms with Crippen molar-refractivity contribution in [2.75, 3.05) is 6.54 Å². The van der Waals surface area contributed by atoms with Gasteiger partial charge in [0.05, 0.1) is 12.7 Å². The van der Waals surface area contributed by atoms with Gasteiger partial charge in [-0.15, -0.1) is 0 Å². The quantitative estimate of drug-likeness (QED) is 0.792. The number of aldehydes is 1. The molecular weight excluding hydrogens is 345 g/mol. The van der Waals surface area contributed by atoms with Crippen LogP contribution in [0, 0.1) is 0 Å². The van der Waals surface area contributed by atoms with Crippen LogP contribution in [0.15, 0.2) is 24.4 Å². The molecule has 0 saturated heterocycles. The van der Waals surface area contributed by atoms with E-state index in [2.05, 4.69) is 17.2 Å². The fourth-order valence-electron chi connectivity index (χ4n) is 2.32. The largest absolute Gasteiger partial charge is 0.323 e. The van der Waals surface area contributed by atoms with E-state index >= 15 is 0 Å². The number of aryl methyl sites for hydroxylation is 1. The van der Waals surface area contributed by atoms with Gasteiger partial charge in [-0.2, -0.15) is 0 Å². The number of nitrogens with one attached hydrogen (secondary N) is 1. The van der Waals surface area contributed by atoms with Crippen LogP contribution in [-0.4, -0.2) is 22.4 Å². The molecule has 0 unspecified atom stereocenters. The van der Waals surface area contributed by atoms with Crippen molar-refractivity contribution in [2.24, 2.45) is 0 Å². The monoisotopic (exact) mass is 369 g/mol. The number of aromatic nitrogens is 2. The first-order valence-electron chi connectivity index (χ1n) is 8.30. The second kappa shape index (κ2) is 11.2. The average Bonchev–Trinajstić information content (AvgIpc) is 3.04. The van der Waals surface area contributed by atoms with Crippen molar-refractivity contribution in [3.05, 3.63) is 51.5 Å². The van der Waals surface area contributed by atoms with Gasteiger partial charge in [0.25, 0.3) is 0 Å². The maximum absolute atomic E-state index is 10.5. The van der Waals surface area contributed by atoms with Crippen molar-refractivity contribution in [1.29, 1.82) is 0 Å². The zero-order valence-corrected chi connectivity index (χ0v) is 16.0. The topological polar surface area (TPSA) is 46.9 Å². The molecule has 0 amide bonds. The number of rotatable bonds is 3. The number of halogens is 2. The Morgan fingerprint density at radius 1 is 1.33 bits per heavy atom. The Hall–Kier alpha value is -1.36. The van der Waals surface area contributed by atoms with Gasteiger partial charge in [-0.3, -0.25) is 4.79 Å². The molecule has 1 aromatic carbocycles. The minimum absolute atomic E-state index is 0.682. The van der Waals surface area contributed by atoms with Crippen LogP contribution in [0.4, 0.5) is 0 Å². The highest BCUT2D eigenvalue weighted by Crippen LogP contribution is 2.21.